The fraction of sp³-hybridized carbons (Fsp3) is 0.100. The molecule has 2 heterocycles. The molecule has 0 bridgehead atoms. The van der Waals surface area contributed by atoms with Crippen molar-refractivity contribution in [2.45, 2.75) is 6.92 Å². The molecule has 5 aromatic rings. The van der Waals surface area contributed by atoms with Gasteiger partial charge in [0.05, 0.1) is 5.52 Å². The Balaban J connectivity index is 2.02. The van der Waals surface area contributed by atoms with Crippen molar-refractivity contribution in [3.8, 4) is 0 Å². The van der Waals surface area contributed by atoms with Crippen molar-refractivity contribution in [2.24, 2.45) is 7.05 Å². The van der Waals surface area contributed by atoms with Gasteiger partial charge in [0.25, 0.3) is 0 Å². The molecule has 0 spiro atoms. The van der Waals surface area contributed by atoms with E-state index in [2.05, 4.69) is 97.8 Å². The first-order valence-corrected chi connectivity index (χ1v) is 9.41. The summed E-state index contributed by atoms with van der Waals surface area (Å²) in [5, 5.41) is 5.19. The Labute approximate surface area is 155 Å². The Morgan fingerprint density at radius 1 is 0.792 bits per heavy atom. The van der Waals surface area contributed by atoms with E-state index >= 15 is 0 Å². The van der Waals surface area contributed by atoms with Crippen molar-refractivity contribution in [2.75, 3.05) is 0 Å². The molecule has 0 saturated carbocycles. The predicted molar refractivity (Wildman–Crippen MR) is 110 cm³/mol. The fourth-order valence-electron chi connectivity index (χ4n) is 3.88. The molecule has 1 N–H and O–H groups in total. The first-order valence-electron chi connectivity index (χ1n) is 7.82. The third kappa shape index (κ3) is 1.87. The molecule has 2 nitrogen and oxygen atoms in total. The predicted octanol–water partition coefficient (Wildman–Crippen LogP) is 6.80. The van der Waals surface area contributed by atoms with Crippen LogP contribution in [0.4, 0.5) is 0 Å². The highest BCUT2D eigenvalue weighted by Crippen LogP contribution is 2.37. The Morgan fingerprint density at radius 3 is 2.42 bits per heavy atom. The smallest absolute Gasteiger partial charge is 0.0510 e. The lowest BCUT2D eigenvalue weighted by Crippen LogP contribution is -1.86. The van der Waals surface area contributed by atoms with Crippen LogP contribution in [-0.2, 0) is 7.05 Å². The molecule has 24 heavy (non-hydrogen) atoms. The quantitative estimate of drug-likeness (QED) is 0.273. The maximum Gasteiger partial charge on any atom is 0.0510 e. The second-order valence-corrected chi connectivity index (χ2v) is 8.24. The topological polar surface area (TPSA) is 20.7 Å². The lowest BCUT2D eigenvalue weighted by atomic mass is 10.1. The standard InChI is InChI=1S/C20H14Br2N2/c1-10-5-12(22)6-17-20(10)15-8-14-13-4-3-11(21)7-18(13)24(2)19(14)9-16(15)23-17/h3-9,23H,1-2H3. The van der Waals surface area contributed by atoms with Crippen molar-refractivity contribution in [1.82, 2.24) is 9.55 Å². The van der Waals surface area contributed by atoms with Gasteiger partial charge >= 0.3 is 0 Å². The van der Waals surface area contributed by atoms with Crippen molar-refractivity contribution in [1.29, 1.82) is 0 Å². The van der Waals surface area contributed by atoms with Crippen LogP contribution in [0.5, 0.6) is 0 Å². The fourth-order valence-corrected chi connectivity index (χ4v) is 4.80. The Hall–Kier alpha value is -1.78. The molecule has 0 aliphatic rings. The van der Waals surface area contributed by atoms with Crippen molar-refractivity contribution in [3.05, 3.63) is 57.0 Å². The van der Waals surface area contributed by atoms with Crippen LogP contribution in [0.2, 0.25) is 0 Å². The maximum absolute atomic E-state index is 3.60. The van der Waals surface area contributed by atoms with E-state index < -0.39 is 0 Å². The molecule has 3 aromatic carbocycles. The molecule has 0 radical (unpaired) electrons. The largest absolute Gasteiger partial charge is 0.354 e. The van der Waals surface area contributed by atoms with Gasteiger partial charge in [0.2, 0.25) is 0 Å². The number of hydrogen-bond acceptors (Lipinski definition) is 0. The van der Waals surface area contributed by atoms with Crippen LogP contribution in [0.25, 0.3) is 43.6 Å². The molecule has 0 atom stereocenters. The van der Waals surface area contributed by atoms with Crippen LogP contribution in [0.1, 0.15) is 5.56 Å². The molecule has 0 amide bonds. The van der Waals surface area contributed by atoms with Gasteiger partial charge in [-0.25, -0.2) is 0 Å². The first-order chi connectivity index (χ1) is 11.5. The first kappa shape index (κ1) is 14.6. The highest BCUT2D eigenvalue weighted by molar-refractivity contribution is 9.10. The van der Waals surface area contributed by atoms with E-state index in [1.165, 1.54) is 49.2 Å². The van der Waals surface area contributed by atoms with Crippen LogP contribution in [0.3, 0.4) is 0 Å². The summed E-state index contributed by atoms with van der Waals surface area (Å²) in [4.78, 5) is 3.58. The number of nitrogens with zero attached hydrogens (tertiary/aromatic N) is 1. The minimum atomic E-state index is 1.11. The van der Waals surface area contributed by atoms with Gasteiger partial charge in [0.15, 0.2) is 0 Å². The lowest BCUT2D eigenvalue weighted by molar-refractivity contribution is 1.01. The number of H-pyrrole nitrogens is 1. The van der Waals surface area contributed by atoms with Gasteiger partial charge in [-0.2, -0.15) is 0 Å². The summed E-state index contributed by atoms with van der Waals surface area (Å²) in [6, 6.07) is 15.4. The number of halogens is 2. The Bertz CT molecular complexity index is 1290. The second-order valence-electron chi connectivity index (χ2n) is 6.41. The van der Waals surface area contributed by atoms with Gasteiger partial charge in [-0.1, -0.05) is 37.9 Å². The molecular formula is C20H14Br2N2. The number of aromatic amines is 1. The van der Waals surface area contributed by atoms with Gasteiger partial charge < -0.3 is 9.55 Å². The zero-order chi connectivity index (χ0) is 16.6. The van der Waals surface area contributed by atoms with Gasteiger partial charge in [-0.15, -0.1) is 0 Å². The van der Waals surface area contributed by atoms with E-state index in [9.17, 15) is 0 Å². The van der Waals surface area contributed by atoms with Crippen LogP contribution < -0.4 is 0 Å². The number of aromatic nitrogens is 2. The van der Waals surface area contributed by atoms with E-state index in [0.29, 0.717) is 0 Å². The second kappa shape index (κ2) is 4.87. The van der Waals surface area contributed by atoms with Crippen molar-refractivity contribution < 1.29 is 0 Å². The molecule has 5 rings (SSSR count). The normalized spacial score (nSPS) is 12.2. The zero-order valence-corrected chi connectivity index (χ0v) is 16.4. The van der Waals surface area contributed by atoms with Gasteiger partial charge in [-0.05, 0) is 48.9 Å². The van der Waals surface area contributed by atoms with E-state index in [1.54, 1.807) is 0 Å². The minimum absolute atomic E-state index is 1.11. The zero-order valence-electron chi connectivity index (χ0n) is 13.2. The average molecular weight is 442 g/mol. The number of aryl methyl sites for hydroxylation is 2. The maximum atomic E-state index is 3.60. The van der Waals surface area contributed by atoms with Gasteiger partial charge in [0, 0.05) is 54.1 Å². The molecule has 118 valence electrons. The van der Waals surface area contributed by atoms with Crippen LogP contribution in [0, 0.1) is 6.92 Å². The summed E-state index contributed by atoms with van der Waals surface area (Å²) in [5.74, 6) is 0. The molecule has 0 aliphatic carbocycles. The summed E-state index contributed by atoms with van der Waals surface area (Å²) < 4.78 is 4.49. The van der Waals surface area contributed by atoms with Crippen molar-refractivity contribution >= 4 is 75.5 Å². The number of benzene rings is 3. The monoisotopic (exact) mass is 440 g/mol. The molecule has 2 aromatic heterocycles. The molecule has 0 saturated heterocycles. The summed E-state index contributed by atoms with van der Waals surface area (Å²) in [5.41, 5.74) is 6.14. The molecule has 0 aliphatic heterocycles. The van der Waals surface area contributed by atoms with Crippen LogP contribution in [0.15, 0.2) is 51.4 Å². The van der Waals surface area contributed by atoms with E-state index in [0.717, 1.165) is 8.95 Å². The third-order valence-electron chi connectivity index (χ3n) is 4.95. The van der Waals surface area contributed by atoms with Crippen LogP contribution >= 0.6 is 31.9 Å². The van der Waals surface area contributed by atoms with E-state index in [4.69, 9.17) is 0 Å². The Morgan fingerprint density at radius 2 is 1.58 bits per heavy atom. The third-order valence-corrected chi connectivity index (χ3v) is 5.90. The minimum Gasteiger partial charge on any atom is -0.354 e. The van der Waals surface area contributed by atoms with E-state index in [-0.39, 0.29) is 0 Å². The van der Waals surface area contributed by atoms with Gasteiger partial charge in [-0.3, -0.25) is 0 Å². The molecular weight excluding hydrogens is 428 g/mol. The highest BCUT2D eigenvalue weighted by Gasteiger charge is 2.14. The lowest BCUT2D eigenvalue weighted by Gasteiger charge is -2.00. The number of fused-ring (bicyclic) bond motifs is 6. The number of rotatable bonds is 0. The number of nitrogens with one attached hydrogen (secondary N) is 1. The summed E-state index contributed by atoms with van der Waals surface area (Å²) in [6.45, 7) is 2.17. The van der Waals surface area contributed by atoms with Crippen molar-refractivity contribution in [3.63, 3.8) is 0 Å². The highest BCUT2D eigenvalue weighted by atomic mass is 79.9. The Kier molecular flexibility index (Phi) is 2.95. The SMILES string of the molecule is Cc1cc(Br)cc2[nH]c3cc4c(cc3c12)c1ccc(Br)cc1n4C. The van der Waals surface area contributed by atoms with E-state index in [1.807, 2.05) is 0 Å². The summed E-state index contributed by atoms with van der Waals surface area (Å²) >= 11 is 7.18. The van der Waals surface area contributed by atoms with Crippen LogP contribution in [-0.4, -0.2) is 9.55 Å². The average Bonchev–Trinajstić information content (AvgIpc) is 3.01. The molecule has 4 heteroatoms. The number of hydrogen-bond donors (Lipinski definition) is 1. The summed E-state index contributed by atoms with van der Waals surface area (Å²) in [6.07, 6.45) is 0. The summed E-state index contributed by atoms with van der Waals surface area (Å²) in [7, 11) is 2.13. The van der Waals surface area contributed by atoms with Gasteiger partial charge in [0.1, 0.15) is 0 Å². The molecule has 0 fully saturated rings. The molecule has 0 unspecified atom stereocenters.